The van der Waals surface area contributed by atoms with Crippen LogP contribution >= 0.6 is 11.3 Å². The Morgan fingerprint density at radius 2 is 2.18 bits per heavy atom. The van der Waals surface area contributed by atoms with E-state index in [0.717, 1.165) is 29.7 Å². The molecule has 0 bridgehead atoms. The highest BCUT2D eigenvalue weighted by molar-refractivity contribution is 7.16. The molecule has 7 nitrogen and oxygen atoms in total. The number of benzene rings is 1. The summed E-state index contributed by atoms with van der Waals surface area (Å²) in [4.78, 5) is 13.4. The van der Waals surface area contributed by atoms with Gasteiger partial charge >= 0.3 is 0 Å². The Morgan fingerprint density at radius 1 is 1.32 bits per heavy atom. The number of hydrogen-bond donors (Lipinski definition) is 1. The molecule has 0 atom stereocenters. The molecule has 1 amide bonds. The summed E-state index contributed by atoms with van der Waals surface area (Å²) < 4.78 is 18.9. The zero-order valence-electron chi connectivity index (χ0n) is 15.6. The topological polar surface area (TPSA) is 74.6 Å². The third kappa shape index (κ3) is 2.63. The maximum atomic E-state index is 12.7. The van der Waals surface area contributed by atoms with Crippen molar-refractivity contribution in [2.45, 2.75) is 19.8 Å². The van der Waals surface area contributed by atoms with E-state index < -0.39 is 0 Å². The van der Waals surface area contributed by atoms with E-state index >= 15 is 0 Å². The molecule has 0 fully saturated rings. The lowest BCUT2D eigenvalue weighted by molar-refractivity contribution is 0.0959. The predicted octanol–water partition coefficient (Wildman–Crippen LogP) is 3.52. The second-order valence-electron chi connectivity index (χ2n) is 6.69. The number of amides is 1. The van der Waals surface area contributed by atoms with Crippen molar-refractivity contribution in [1.29, 1.82) is 0 Å². The van der Waals surface area contributed by atoms with E-state index in [0.29, 0.717) is 33.7 Å². The van der Waals surface area contributed by atoms with Crippen LogP contribution in [0, 0.1) is 0 Å². The van der Waals surface area contributed by atoms with E-state index in [1.54, 1.807) is 0 Å². The molecule has 1 N–H and O–H groups in total. The number of nitrogens with one attached hydrogen (secondary N) is 1. The monoisotopic (exact) mass is 397 g/mol. The minimum absolute atomic E-state index is 0.0603. The van der Waals surface area contributed by atoms with Gasteiger partial charge in [-0.1, -0.05) is 11.3 Å². The van der Waals surface area contributed by atoms with E-state index in [1.807, 2.05) is 43.0 Å². The summed E-state index contributed by atoms with van der Waals surface area (Å²) in [6.45, 7) is 2.72. The van der Waals surface area contributed by atoms with Crippen molar-refractivity contribution in [2.24, 2.45) is 7.05 Å². The molecule has 3 heterocycles. The lowest BCUT2D eigenvalue weighted by atomic mass is 9.91. The number of fused-ring (bicyclic) bond motifs is 4. The zero-order valence-corrected chi connectivity index (χ0v) is 16.4. The molecular formula is C20H19N3O4S. The minimum Gasteiger partial charge on any atom is -0.454 e. The summed E-state index contributed by atoms with van der Waals surface area (Å²) in [6.07, 6.45) is 3.55. The number of carbonyl (C=O) groups excluding carboxylic acids is 1. The maximum Gasteiger partial charge on any atom is 0.261 e. The molecular weight excluding hydrogens is 378 g/mol. The summed E-state index contributed by atoms with van der Waals surface area (Å²) in [7, 11) is 1.92. The van der Waals surface area contributed by atoms with Gasteiger partial charge in [0.2, 0.25) is 6.79 Å². The Morgan fingerprint density at radius 3 is 3.04 bits per heavy atom. The van der Waals surface area contributed by atoms with Crippen LogP contribution < -0.4 is 19.5 Å². The van der Waals surface area contributed by atoms with Gasteiger partial charge in [-0.05, 0) is 43.0 Å². The highest BCUT2D eigenvalue weighted by Crippen LogP contribution is 2.49. The van der Waals surface area contributed by atoms with Gasteiger partial charge < -0.3 is 19.5 Å². The van der Waals surface area contributed by atoms with Gasteiger partial charge in [0.05, 0.1) is 22.3 Å². The number of carbonyl (C=O) groups is 1. The molecule has 2 aromatic heterocycles. The quantitative estimate of drug-likeness (QED) is 0.729. The van der Waals surface area contributed by atoms with Crippen LogP contribution in [0.5, 0.6) is 22.3 Å². The Hall–Kier alpha value is -3.00. The van der Waals surface area contributed by atoms with Gasteiger partial charge in [0.25, 0.3) is 5.91 Å². The first-order valence-corrected chi connectivity index (χ1v) is 10.00. The average Bonchev–Trinajstić information content (AvgIpc) is 3.39. The van der Waals surface area contributed by atoms with Crippen molar-refractivity contribution in [3.8, 4) is 33.6 Å². The number of nitrogens with zero attached hydrogens (tertiary/aromatic N) is 2. The molecule has 0 unspecified atom stereocenters. The summed E-state index contributed by atoms with van der Waals surface area (Å²) in [5, 5.41) is 8.02. The molecule has 0 saturated heterocycles. The van der Waals surface area contributed by atoms with Crippen LogP contribution in [0.15, 0.2) is 24.4 Å². The fourth-order valence-electron chi connectivity index (χ4n) is 3.71. The molecule has 1 aliphatic heterocycles. The Kier molecular flexibility index (Phi) is 4.01. The lowest BCUT2D eigenvalue weighted by Gasteiger charge is -2.16. The van der Waals surface area contributed by atoms with E-state index in [2.05, 4.69) is 10.4 Å². The van der Waals surface area contributed by atoms with E-state index in [9.17, 15) is 4.79 Å². The number of hydrogen-bond acceptors (Lipinski definition) is 6. The molecule has 8 heteroatoms. The number of aryl methyl sites for hydroxylation is 2. The van der Waals surface area contributed by atoms with Crippen molar-refractivity contribution in [3.63, 3.8) is 0 Å². The van der Waals surface area contributed by atoms with E-state index in [-0.39, 0.29) is 12.7 Å². The first-order valence-electron chi connectivity index (χ1n) is 9.18. The number of thiophene rings is 1. The van der Waals surface area contributed by atoms with Crippen molar-refractivity contribution in [2.75, 3.05) is 13.3 Å². The van der Waals surface area contributed by atoms with Gasteiger partial charge in [-0.3, -0.25) is 9.48 Å². The minimum atomic E-state index is -0.0603. The SMILES string of the molecule is CCNC(=O)c1sc(Oc2ccc3c(c2)OCO3)c2c1CCc1cnn(C)c1-2. The molecule has 144 valence electrons. The highest BCUT2D eigenvalue weighted by Gasteiger charge is 2.31. The van der Waals surface area contributed by atoms with Gasteiger partial charge in [-0.25, -0.2) is 0 Å². The molecule has 28 heavy (non-hydrogen) atoms. The van der Waals surface area contributed by atoms with Crippen molar-refractivity contribution in [1.82, 2.24) is 15.1 Å². The van der Waals surface area contributed by atoms with Crippen molar-refractivity contribution < 1.29 is 19.0 Å². The van der Waals surface area contributed by atoms with Crippen LogP contribution in [0.4, 0.5) is 0 Å². The van der Waals surface area contributed by atoms with Crippen LogP contribution in [-0.2, 0) is 19.9 Å². The van der Waals surface area contributed by atoms with E-state index in [4.69, 9.17) is 14.2 Å². The fourth-order valence-corrected chi connectivity index (χ4v) is 4.85. The molecule has 0 spiro atoms. The number of ether oxygens (including phenoxy) is 3. The molecule has 5 rings (SSSR count). The Labute approximate surface area is 165 Å². The van der Waals surface area contributed by atoms with Crippen LogP contribution in [-0.4, -0.2) is 29.0 Å². The standard InChI is InChI=1S/C20H19N3O4S/c1-3-21-19(24)18-13-6-4-11-9-22-23(2)17(11)16(13)20(28-18)27-12-5-7-14-15(8-12)26-10-25-14/h5,7-9H,3-4,6,10H2,1-2H3,(H,21,24). The first-order chi connectivity index (χ1) is 13.7. The number of aromatic nitrogens is 2. The third-order valence-corrected chi connectivity index (χ3v) is 6.08. The molecule has 0 radical (unpaired) electrons. The van der Waals surface area contributed by atoms with Crippen LogP contribution in [0.1, 0.15) is 27.7 Å². The summed E-state index contributed by atoms with van der Waals surface area (Å²) in [5.74, 6) is 1.95. The summed E-state index contributed by atoms with van der Waals surface area (Å²) in [6, 6.07) is 5.49. The normalized spacial score (nSPS) is 13.8. The molecule has 0 saturated carbocycles. The summed E-state index contributed by atoms with van der Waals surface area (Å²) >= 11 is 1.38. The average molecular weight is 397 g/mol. The van der Waals surface area contributed by atoms with Gasteiger partial charge in [-0.2, -0.15) is 5.10 Å². The zero-order chi connectivity index (χ0) is 19.3. The Balaban J connectivity index is 1.61. The number of rotatable bonds is 4. The first kappa shape index (κ1) is 17.1. The molecule has 3 aromatic rings. The molecule has 1 aliphatic carbocycles. The fraction of sp³-hybridized carbons (Fsp3) is 0.300. The van der Waals surface area contributed by atoms with Crippen LogP contribution in [0.3, 0.4) is 0 Å². The maximum absolute atomic E-state index is 12.7. The Bertz CT molecular complexity index is 1090. The second kappa shape index (κ2) is 6.56. The third-order valence-electron chi connectivity index (χ3n) is 4.97. The van der Waals surface area contributed by atoms with Crippen molar-refractivity contribution >= 4 is 17.2 Å². The van der Waals surface area contributed by atoms with Crippen molar-refractivity contribution in [3.05, 3.63) is 40.4 Å². The lowest BCUT2D eigenvalue weighted by Crippen LogP contribution is -2.23. The van der Waals surface area contributed by atoms with Crippen LogP contribution in [0.25, 0.3) is 11.3 Å². The van der Waals surface area contributed by atoms with Gasteiger partial charge in [-0.15, -0.1) is 0 Å². The van der Waals surface area contributed by atoms with Crippen LogP contribution in [0.2, 0.25) is 0 Å². The van der Waals surface area contributed by atoms with Gasteiger partial charge in [0.1, 0.15) is 5.75 Å². The smallest absolute Gasteiger partial charge is 0.261 e. The molecule has 2 aliphatic rings. The van der Waals surface area contributed by atoms with Gasteiger partial charge in [0, 0.05) is 19.7 Å². The van der Waals surface area contributed by atoms with E-state index in [1.165, 1.54) is 16.9 Å². The summed E-state index contributed by atoms with van der Waals surface area (Å²) in [5.41, 5.74) is 4.18. The largest absolute Gasteiger partial charge is 0.454 e. The molecule has 1 aromatic carbocycles. The second-order valence-corrected chi connectivity index (χ2v) is 7.67. The highest BCUT2D eigenvalue weighted by atomic mass is 32.1. The van der Waals surface area contributed by atoms with Gasteiger partial charge in [0.15, 0.2) is 16.6 Å². The predicted molar refractivity (Wildman–Crippen MR) is 105 cm³/mol.